The molecule has 3 nitrogen and oxygen atoms in total. The number of rotatable bonds is 4. The maximum atomic E-state index is 6.22. The van der Waals surface area contributed by atoms with Gasteiger partial charge in [0.2, 0.25) is 0 Å². The highest BCUT2D eigenvalue weighted by atomic mass is 35.5. The van der Waals surface area contributed by atoms with E-state index in [2.05, 4.69) is 12.1 Å². The molecule has 0 amide bonds. The van der Waals surface area contributed by atoms with Crippen molar-refractivity contribution in [2.75, 3.05) is 12.1 Å². The first kappa shape index (κ1) is 17.9. The topological polar surface area (TPSA) is 24.8 Å². The van der Waals surface area contributed by atoms with Crippen molar-refractivity contribution in [3.8, 4) is 5.75 Å². The molecule has 136 valence electrons. The number of ether oxygens (including phenoxy) is 1. The summed E-state index contributed by atoms with van der Waals surface area (Å²) in [6, 6.07) is 23.8. The van der Waals surface area contributed by atoms with Crippen molar-refractivity contribution in [3.05, 3.63) is 94.0 Å². The van der Waals surface area contributed by atoms with Gasteiger partial charge in [-0.3, -0.25) is 5.01 Å². The Labute approximate surface area is 168 Å². The Bertz CT molecular complexity index is 968. The van der Waals surface area contributed by atoms with Crippen molar-refractivity contribution >= 4 is 34.6 Å². The summed E-state index contributed by atoms with van der Waals surface area (Å²) < 4.78 is 5.29. The van der Waals surface area contributed by atoms with Gasteiger partial charge in [0.25, 0.3) is 0 Å². The summed E-state index contributed by atoms with van der Waals surface area (Å²) in [7, 11) is 1.67. The van der Waals surface area contributed by atoms with Crippen LogP contribution in [0.4, 0.5) is 5.69 Å². The predicted molar refractivity (Wildman–Crippen MR) is 112 cm³/mol. The highest BCUT2D eigenvalue weighted by Gasteiger charge is 2.30. The molecule has 0 N–H and O–H groups in total. The molecule has 5 heteroatoms. The molecule has 1 atom stereocenters. The van der Waals surface area contributed by atoms with Gasteiger partial charge >= 0.3 is 0 Å². The largest absolute Gasteiger partial charge is 0.497 e. The number of nitrogens with zero attached hydrogens (tertiary/aromatic N) is 2. The van der Waals surface area contributed by atoms with E-state index < -0.39 is 0 Å². The monoisotopic (exact) mass is 396 g/mol. The first-order valence-corrected chi connectivity index (χ1v) is 9.42. The first-order valence-electron chi connectivity index (χ1n) is 8.66. The van der Waals surface area contributed by atoms with Crippen molar-refractivity contribution in [2.45, 2.75) is 12.5 Å². The van der Waals surface area contributed by atoms with E-state index in [1.807, 2.05) is 65.7 Å². The van der Waals surface area contributed by atoms with Crippen LogP contribution in [0.1, 0.15) is 23.6 Å². The highest BCUT2D eigenvalue weighted by Crippen LogP contribution is 2.38. The third-order valence-corrected chi connectivity index (χ3v) is 5.15. The Hall–Kier alpha value is -2.49. The first-order chi connectivity index (χ1) is 13.1. The summed E-state index contributed by atoms with van der Waals surface area (Å²) >= 11 is 12.3. The average Bonchev–Trinajstić information content (AvgIpc) is 3.14. The fraction of sp³-hybridized carbons (Fsp3) is 0.136. The maximum absolute atomic E-state index is 6.22. The van der Waals surface area contributed by atoms with E-state index in [4.69, 9.17) is 33.0 Å². The van der Waals surface area contributed by atoms with Gasteiger partial charge in [-0.05, 0) is 53.6 Å². The van der Waals surface area contributed by atoms with E-state index in [0.717, 1.165) is 34.2 Å². The van der Waals surface area contributed by atoms with Crippen molar-refractivity contribution in [1.29, 1.82) is 0 Å². The number of hydrogen-bond acceptors (Lipinski definition) is 3. The fourth-order valence-electron chi connectivity index (χ4n) is 3.27. The Morgan fingerprint density at radius 1 is 0.926 bits per heavy atom. The number of halogens is 2. The summed E-state index contributed by atoms with van der Waals surface area (Å²) in [4.78, 5) is 0. The molecule has 0 aliphatic carbocycles. The van der Waals surface area contributed by atoms with E-state index in [0.29, 0.717) is 5.02 Å². The summed E-state index contributed by atoms with van der Waals surface area (Å²) in [5.74, 6) is 0.838. The molecule has 0 radical (unpaired) electrons. The van der Waals surface area contributed by atoms with Crippen LogP contribution in [-0.2, 0) is 0 Å². The van der Waals surface area contributed by atoms with Gasteiger partial charge in [-0.1, -0.05) is 53.5 Å². The third kappa shape index (κ3) is 3.80. The molecule has 1 heterocycles. The van der Waals surface area contributed by atoms with Crippen LogP contribution in [0.25, 0.3) is 0 Å². The molecule has 0 saturated carbocycles. The molecular weight excluding hydrogens is 379 g/mol. The number of methoxy groups -OCH3 is 1. The second kappa shape index (κ2) is 7.63. The molecule has 3 aromatic rings. The molecule has 0 spiro atoms. The molecule has 1 aliphatic heterocycles. The molecule has 3 aromatic carbocycles. The molecule has 0 bridgehead atoms. The molecule has 4 rings (SSSR count). The normalized spacial score (nSPS) is 16.3. The second-order valence-electron chi connectivity index (χ2n) is 6.37. The SMILES string of the molecule is COc1ccc([C@@H]2CC(c3ccc(Cl)cc3)=NN2c2cccc(Cl)c2)cc1. The standard InChI is InChI=1S/C22H18Cl2N2O/c1-27-20-11-7-16(8-12-20)22-14-21(15-5-9-17(23)10-6-15)25-26(22)19-4-2-3-18(24)13-19/h2-13,22H,14H2,1H3/t22-/m0/s1. The molecule has 0 fully saturated rings. The second-order valence-corrected chi connectivity index (χ2v) is 7.24. The Kier molecular flexibility index (Phi) is 5.06. The van der Waals surface area contributed by atoms with Gasteiger partial charge in [-0.25, -0.2) is 0 Å². The van der Waals surface area contributed by atoms with E-state index in [1.54, 1.807) is 7.11 Å². The minimum Gasteiger partial charge on any atom is -0.497 e. The van der Waals surface area contributed by atoms with Crippen LogP contribution in [0.5, 0.6) is 5.75 Å². The quantitative estimate of drug-likeness (QED) is 0.512. The maximum Gasteiger partial charge on any atom is 0.118 e. The Morgan fingerprint density at radius 2 is 1.67 bits per heavy atom. The summed E-state index contributed by atoms with van der Waals surface area (Å²) in [6.45, 7) is 0. The summed E-state index contributed by atoms with van der Waals surface area (Å²) in [5.41, 5.74) is 4.23. The van der Waals surface area contributed by atoms with Crippen LogP contribution in [0.2, 0.25) is 10.0 Å². The molecule has 0 aromatic heterocycles. The molecule has 27 heavy (non-hydrogen) atoms. The van der Waals surface area contributed by atoms with Gasteiger partial charge in [0.05, 0.1) is 24.6 Å². The van der Waals surface area contributed by atoms with Gasteiger partial charge in [0, 0.05) is 16.5 Å². The number of hydrogen-bond donors (Lipinski definition) is 0. The summed E-state index contributed by atoms with van der Waals surface area (Å²) in [5, 5.41) is 8.37. The minimum absolute atomic E-state index is 0.0834. The van der Waals surface area contributed by atoms with Crippen LogP contribution < -0.4 is 9.75 Å². The smallest absolute Gasteiger partial charge is 0.118 e. The molecule has 1 aliphatic rings. The van der Waals surface area contributed by atoms with Crippen LogP contribution in [0, 0.1) is 0 Å². The van der Waals surface area contributed by atoms with Crippen molar-refractivity contribution in [2.24, 2.45) is 5.10 Å². The molecule has 0 unspecified atom stereocenters. The zero-order valence-electron chi connectivity index (χ0n) is 14.8. The Morgan fingerprint density at radius 3 is 2.33 bits per heavy atom. The van der Waals surface area contributed by atoms with Crippen LogP contribution in [-0.4, -0.2) is 12.8 Å². The van der Waals surface area contributed by atoms with E-state index in [9.17, 15) is 0 Å². The predicted octanol–water partition coefficient (Wildman–Crippen LogP) is 6.36. The van der Waals surface area contributed by atoms with Gasteiger partial charge in [0.15, 0.2) is 0 Å². The fourth-order valence-corrected chi connectivity index (χ4v) is 3.58. The van der Waals surface area contributed by atoms with Crippen LogP contribution in [0.15, 0.2) is 77.9 Å². The lowest BCUT2D eigenvalue weighted by molar-refractivity contribution is 0.414. The van der Waals surface area contributed by atoms with Crippen molar-refractivity contribution in [1.82, 2.24) is 0 Å². The van der Waals surface area contributed by atoms with Gasteiger partial charge < -0.3 is 4.74 Å². The third-order valence-electron chi connectivity index (χ3n) is 4.66. The average molecular weight is 397 g/mol. The lowest BCUT2D eigenvalue weighted by atomic mass is 9.98. The van der Waals surface area contributed by atoms with Gasteiger partial charge in [-0.15, -0.1) is 0 Å². The van der Waals surface area contributed by atoms with Gasteiger partial charge in [-0.2, -0.15) is 5.10 Å². The van der Waals surface area contributed by atoms with Crippen molar-refractivity contribution in [3.63, 3.8) is 0 Å². The van der Waals surface area contributed by atoms with E-state index in [-0.39, 0.29) is 6.04 Å². The summed E-state index contributed by atoms with van der Waals surface area (Å²) in [6.07, 6.45) is 0.792. The van der Waals surface area contributed by atoms with E-state index >= 15 is 0 Å². The molecular formula is C22H18Cl2N2O. The van der Waals surface area contributed by atoms with Crippen molar-refractivity contribution < 1.29 is 4.74 Å². The molecule has 0 saturated heterocycles. The number of benzene rings is 3. The van der Waals surface area contributed by atoms with Crippen LogP contribution in [0.3, 0.4) is 0 Å². The Balaban J connectivity index is 1.73. The highest BCUT2D eigenvalue weighted by molar-refractivity contribution is 6.31. The number of hydrazone groups is 1. The zero-order chi connectivity index (χ0) is 18.8. The van der Waals surface area contributed by atoms with Gasteiger partial charge in [0.1, 0.15) is 5.75 Å². The lowest BCUT2D eigenvalue weighted by Gasteiger charge is -2.24. The van der Waals surface area contributed by atoms with Crippen LogP contribution >= 0.6 is 23.2 Å². The minimum atomic E-state index is 0.0834. The lowest BCUT2D eigenvalue weighted by Crippen LogP contribution is -2.18. The zero-order valence-corrected chi connectivity index (χ0v) is 16.3. The van der Waals surface area contributed by atoms with E-state index in [1.165, 1.54) is 5.56 Å². The number of anilines is 1.